The Labute approximate surface area is 265 Å². The molecule has 236 valence electrons. The molecule has 2 aromatic carbocycles. The molecule has 8 nitrogen and oxygen atoms in total. The smallest absolute Gasteiger partial charge is 0.264 e. The molecule has 2 aliphatic carbocycles. The lowest BCUT2D eigenvalue weighted by Crippen LogP contribution is -2.49. The lowest BCUT2D eigenvalue weighted by molar-refractivity contribution is -0.122. The molecular formula is C34H41ClN2O6S. The summed E-state index contributed by atoms with van der Waals surface area (Å²) in [6.45, 7) is 3.84. The van der Waals surface area contributed by atoms with Gasteiger partial charge in [0.2, 0.25) is 10.0 Å². The molecule has 0 saturated heterocycles. The van der Waals surface area contributed by atoms with Crippen molar-refractivity contribution >= 4 is 39.0 Å². The Hall–Kier alpha value is -2.88. The molecule has 0 radical (unpaired) electrons. The molecule has 2 aliphatic heterocycles. The van der Waals surface area contributed by atoms with Gasteiger partial charge in [0.1, 0.15) is 5.75 Å². The Morgan fingerprint density at radius 1 is 1.16 bits per heavy atom. The van der Waals surface area contributed by atoms with E-state index in [-0.39, 0.29) is 47.5 Å². The van der Waals surface area contributed by atoms with Crippen molar-refractivity contribution in [2.45, 2.75) is 62.5 Å². The molecule has 1 fully saturated rings. The lowest BCUT2D eigenvalue weighted by Gasteiger charge is -2.44. The van der Waals surface area contributed by atoms with Crippen LogP contribution in [0.1, 0.15) is 66.9 Å². The van der Waals surface area contributed by atoms with Crippen LogP contribution in [-0.2, 0) is 31.4 Å². The molecule has 5 atom stereocenters. The number of aryl methyl sites for hydroxylation is 1. The number of carbonyl (C=O) groups is 2. The number of carbonyl (C=O) groups excluding carboxylic acids is 2. The van der Waals surface area contributed by atoms with Gasteiger partial charge in [-0.25, -0.2) is 13.1 Å². The summed E-state index contributed by atoms with van der Waals surface area (Å²) in [6, 6.07) is 11.3. The van der Waals surface area contributed by atoms with Crippen molar-refractivity contribution in [3.05, 3.63) is 70.3 Å². The summed E-state index contributed by atoms with van der Waals surface area (Å²) in [5, 5.41) is -0.145. The zero-order chi connectivity index (χ0) is 31.1. The van der Waals surface area contributed by atoms with Gasteiger partial charge < -0.3 is 14.4 Å². The van der Waals surface area contributed by atoms with Crippen LogP contribution in [0.25, 0.3) is 0 Å². The van der Waals surface area contributed by atoms with Crippen molar-refractivity contribution in [2.75, 3.05) is 38.3 Å². The van der Waals surface area contributed by atoms with E-state index in [0.717, 1.165) is 42.8 Å². The van der Waals surface area contributed by atoms with E-state index < -0.39 is 21.2 Å². The molecule has 0 aromatic heterocycles. The fourth-order valence-electron chi connectivity index (χ4n) is 7.62. The first-order valence-electron chi connectivity index (χ1n) is 15.7. The summed E-state index contributed by atoms with van der Waals surface area (Å²) in [5.74, 6) is -0.172. The van der Waals surface area contributed by atoms with Crippen molar-refractivity contribution in [3.8, 4) is 5.75 Å². The van der Waals surface area contributed by atoms with E-state index in [0.29, 0.717) is 31.9 Å². The fourth-order valence-corrected chi connectivity index (χ4v) is 9.47. The Bertz CT molecular complexity index is 1580. The van der Waals surface area contributed by atoms with Gasteiger partial charge in [0.15, 0.2) is 5.78 Å². The number of nitrogens with zero attached hydrogens (tertiary/aromatic N) is 1. The quantitative estimate of drug-likeness (QED) is 0.475. The number of methoxy groups -OCH3 is 1. The van der Waals surface area contributed by atoms with Crippen LogP contribution in [-0.4, -0.2) is 58.8 Å². The highest BCUT2D eigenvalue weighted by Gasteiger charge is 2.44. The minimum atomic E-state index is -4.05. The monoisotopic (exact) mass is 640 g/mol. The summed E-state index contributed by atoms with van der Waals surface area (Å²) in [7, 11) is -2.53. The maximum absolute atomic E-state index is 13.6. The highest BCUT2D eigenvalue weighted by molar-refractivity contribution is 7.90. The molecule has 10 heteroatoms. The minimum absolute atomic E-state index is 0.0880. The van der Waals surface area contributed by atoms with Gasteiger partial charge in [-0.15, -0.1) is 0 Å². The van der Waals surface area contributed by atoms with Gasteiger partial charge in [-0.1, -0.05) is 30.7 Å². The van der Waals surface area contributed by atoms with E-state index in [1.165, 1.54) is 18.2 Å². The van der Waals surface area contributed by atoms with Crippen molar-refractivity contribution in [1.82, 2.24) is 4.72 Å². The topological polar surface area (TPSA) is 102 Å². The molecule has 1 amide bonds. The van der Waals surface area contributed by atoms with Gasteiger partial charge in [0, 0.05) is 48.7 Å². The van der Waals surface area contributed by atoms with E-state index in [9.17, 15) is 18.0 Å². The van der Waals surface area contributed by atoms with Crippen molar-refractivity contribution in [2.24, 2.45) is 17.8 Å². The van der Waals surface area contributed by atoms with Crippen LogP contribution in [0.4, 0.5) is 5.69 Å². The van der Waals surface area contributed by atoms with Crippen LogP contribution in [0.5, 0.6) is 5.75 Å². The Balaban J connectivity index is 1.41. The highest BCUT2D eigenvalue weighted by Crippen LogP contribution is 2.46. The molecule has 1 N–H and O–H groups in total. The molecule has 2 aromatic rings. The van der Waals surface area contributed by atoms with Crippen LogP contribution >= 0.6 is 11.6 Å². The fraction of sp³-hybridized carbons (Fsp3) is 0.529. The summed E-state index contributed by atoms with van der Waals surface area (Å²) in [6.07, 6.45) is 8.75. The Kier molecular flexibility index (Phi) is 8.83. The van der Waals surface area contributed by atoms with Crippen LogP contribution in [0.3, 0.4) is 0 Å². The molecule has 1 saturated carbocycles. The number of allylic oxidation sites excluding steroid dienone is 2. The average Bonchev–Trinajstić information content (AvgIpc) is 3.11. The predicted molar refractivity (Wildman–Crippen MR) is 171 cm³/mol. The van der Waals surface area contributed by atoms with E-state index in [2.05, 4.69) is 21.8 Å². The number of anilines is 1. The standard InChI is InChI=1S/C34H41ClN2O6S/c1-22-5-3-7-30(38)27-11-8-25(27)19-37-20-34(15-4-6-23-17-26(35)10-12-28(23)34)21-43-31-13-9-24(18-29(31)37)33(39)36-44(40,41)32(22)14-16-42-2/h3,7,9-10,12-13,17-18,22,25,27,32H,4-6,8,11,14-16,19-21H2,1-2H3,(H,36,39)/b7-3+/t22-,25-,27+,32+,34-/m0/s1. The third-order valence-electron chi connectivity index (χ3n) is 10.2. The number of rotatable bonds is 3. The first-order chi connectivity index (χ1) is 21.1. The maximum Gasteiger partial charge on any atom is 0.264 e. The number of ketones is 1. The van der Waals surface area contributed by atoms with Gasteiger partial charge >= 0.3 is 0 Å². The first kappa shape index (κ1) is 31.1. The zero-order valence-corrected chi connectivity index (χ0v) is 27.0. The van der Waals surface area contributed by atoms with Gasteiger partial charge in [-0.3, -0.25) is 9.59 Å². The highest BCUT2D eigenvalue weighted by atomic mass is 35.5. The van der Waals surface area contributed by atoms with E-state index in [4.69, 9.17) is 21.1 Å². The number of sulfonamides is 1. The minimum Gasteiger partial charge on any atom is -0.490 e. The Morgan fingerprint density at radius 3 is 2.77 bits per heavy atom. The van der Waals surface area contributed by atoms with Crippen molar-refractivity contribution in [1.29, 1.82) is 0 Å². The van der Waals surface area contributed by atoms with Gasteiger partial charge in [0.05, 0.1) is 17.5 Å². The number of hydrogen-bond acceptors (Lipinski definition) is 7. The molecule has 2 bridgehead atoms. The lowest BCUT2D eigenvalue weighted by atomic mass is 9.68. The second-order valence-corrected chi connectivity index (χ2v) is 15.4. The Morgan fingerprint density at radius 2 is 2.00 bits per heavy atom. The molecule has 6 rings (SSSR count). The molecule has 44 heavy (non-hydrogen) atoms. The van der Waals surface area contributed by atoms with Crippen molar-refractivity contribution in [3.63, 3.8) is 0 Å². The normalized spacial score (nSPS) is 30.7. The largest absolute Gasteiger partial charge is 0.490 e. The van der Waals surface area contributed by atoms with Crippen LogP contribution in [0.15, 0.2) is 48.6 Å². The maximum atomic E-state index is 13.6. The number of amides is 1. The number of nitrogens with one attached hydrogen (secondary N) is 1. The molecule has 2 heterocycles. The third-order valence-corrected chi connectivity index (χ3v) is 12.4. The number of fused-ring (bicyclic) bond motifs is 4. The third kappa shape index (κ3) is 6.03. The van der Waals surface area contributed by atoms with E-state index in [1.807, 2.05) is 13.0 Å². The second kappa shape index (κ2) is 12.5. The summed E-state index contributed by atoms with van der Waals surface area (Å²) in [4.78, 5) is 29.2. The summed E-state index contributed by atoms with van der Waals surface area (Å²) >= 11 is 6.39. The van der Waals surface area contributed by atoms with Gasteiger partial charge in [0.25, 0.3) is 5.91 Å². The summed E-state index contributed by atoms with van der Waals surface area (Å²) in [5.41, 5.74) is 3.17. The second-order valence-electron chi connectivity index (χ2n) is 13.0. The zero-order valence-electron chi connectivity index (χ0n) is 25.4. The van der Waals surface area contributed by atoms with E-state index in [1.54, 1.807) is 30.4 Å². The number of halogens is 1. The molecule has 0 unspecified atom stereocenters. The van der Waals surface area contributed by atoms with Crippen LogP contribution < -0.4 is 14.4 Å². The van der Waals surface area contributed by atoms with Gasteiger partial charge in [-0.2, -0.15) is 0 Å². The number of hydrogen-bond donors (Lipinski definition) is 1. The molecular weight excluding hydrogens is 600 g/mol. The number of benzene rings is 2. The average molecular weight is 641 g/mol. The number of ether oxygens (including phenoxy) is 2. The predicted octanol–water partition coefficient (Wildman–Crippen LogP) is 5.47. The molecule has 1 spiro atoms. The summed E-state index contributed by atoms with van der Waals surface area (Å²) < 4.78 is 41.2. The first-order valence-corrected chi connectivity index (χ1v) is 17.6. The van der Waals surface area contributed by atoms with Crippen LogP contribution in [0.2, 0.25) is 5.02 Å². The van der Waals surface area contributed by atoms with Gasteiger partial charge in [-0.05, 0) is 104 Å². The van der Waals surface area contributed by atoms with E-state index >= 15 is 0 Å². The SMILES string of the molecule is COCC[C@@H]1[C@@H](C)C/C=C/C(=O)[C@@H]2CC[C@H]2CN2C[C@@]3(CCCc4cc(Cl)ccc43)COc3ccc(cc32)C(=O)NS1(=O)=O. The van der Waals surface area contributed by atoms with Crippen LogP contribution in [0, 0.1) is 17.8 Å². The molecule has 4 aliphatic rings. The van der Waals surface area contributed by atoms with Crippen molar-refractivity contribution < 1.29 is 27.5 Å².